The van der Waals surface area contributed by atoms with Crippen LogP contribution in [0.25, 0.3) is 0 Å². The molecule has 0 aromatic carbocycles. The summed E-state index contributed by atoms with van der Waals surface area (Å²) in [6, 6.07) is 0. The molecular weight excluding hydrogens is 518 g/mol. The molecular formula is C42H67N. The van der Waals surface area contributed by atoms with E-state index in [2.05, 4.69) is 101 Å². The number of fused-ring (bicyclic) bond motifs is 1. The molecule has 2 saturated carbocycles. The highest BCUT2D eigenvalue weighted by molar-refractivity contribution is 5.14. The summed E-state index contributed by atoms with van der Waals surface area (Å²) >= 11 is 0. The highest BCUT2D eigenvalue weighted by Crippen LogP contribution is 2.51. The van der Waals surface area contributed by atoms with Crippen LogP contribution >= 0.6 is 0 Å². The van der Waals surface area contributed by atoms with Crippen molar-refractivity contribution < 1.29 is 0 Å². The summed E-state index contributed by atoms with van der Waals surface area (Å²) in [5.41, 5.74) is 6.52. The lowest BCUT2D eigenvalue weighted by Gasteiger charge is -2.49. The van der Waals surface area contributed by atoms with Crippen LogP contribution in [0.1, 0.15) is 111 Å². The average molecular weight is 586 g/mol. The predicted molar refractivity (Wildman–Crippen MR) is 190 cm³/mol. The summed E-state index contributed by atoms with van der Waals surface area (Å²) in [5.74, 6) is 8.59. The van der Waals surface area contributed by atoms with E-state index in [1.54, 1.807) is 0 Å². The minimum Gasteiger partial charge on any atom is -0.330 e. The maximum atomic E-state index is 6.52. The first-order valence-corrected chi connectivity index (χ1v) is 18.7. The smallest absolute Gasteiger partial charge is 0.000840 e. The van der Waals surface area contributed by atoms with E-state index in [-0.39, 0.29) is 0 Å². The van der Waals surface area contributed by atoms with Gasteiger partial charge in [-0.2, -0.15) is 0 Å². The first kappa shape index (κ1) is 34.3. The van der Waals surface area contributed by atoms with Gasteiger partial charge in [0, 0.05) is 0 Å². The van der Waals surface area contributed by atoms with Crippen LogP contribution in [-0.2, 0) is 0 Å². The Hall–Kier alpha value is -1.60. The van der Waals surface area contributed by atoms with Gasteiger partial charge in [-0.3, -0.25) is 0 Å². The first-order valence-electron chi connectivity index (χ1n) is 18.7. The lowest BCUT2D eigenvalue weighted by Crippen LogP contribution is -2.43. The summed E-state index contributed by atoms with van der Waals surface area (Å²) in [6.45, 7) is 14.7. The van der Waals surface area contributed by atoms with Gasteiger partial charge in [0.15, 0.2) is 0 Å². The Balaban J connectivity index is 1.41. The van der Waals surface area contributed by atoms with Crippen LogP contribution in [0.4, 0.5) is 0 Å². The van der Waals surface area contributed by atoms with Crippen molar-refractivity contribution in [2.75, 3.05) is 6.54 Å². The monoisotopic (exact) mass is 586 g/mol. The van der Waals surface area contributed by atoms with Crippen molar-refractivity contribution in [1.29, 1.82) is 0 Å². The SMILES string of the molecule is C=CC(CCC(C)C1C=CC(C(/C=C/C(/C=C\C)CCCC)CN)C2CCCC(C)C12)C1CCCC(C2C=CC=CC2)C1. The van der Waals surface area contributed by atoms with Crippen molar-refractivity contribution in [3.8, 4) is 0 Å². The zero-order chi connectivity index (χ0) is 30.6. The second kappa shape index (κ2) is 17.8. The van der Waals surface area contributed by atoms with Crippen molar-refractivity contribution in [1.82, 2.24) is 0 Å². The number of nitrogens with two attached hydrogens (primary N) is 1. The molecule has 0 aliphatic heterocycles. The third-order valence-corrected chi connectivity index (χ3v) is 12.4. The van der Waals surface area contributed by atoms with E-state index in [9.17, 15) is 0 Å². The molecule has 12 atom stereocenters. The molecule has 4 aliphatic rings. The van der Waals surface area contributed by atoms with Gasteiger partial charge in [0.1, 0.15) is 0 Å². The van der Waals surface area contributed by atoms with Crippen molar-refractivity contribution in [3.63, 3.8) is 0 Å². The molecule has 1 nitrogen and oxygen atoms in total. The molecule has 12 unspecified atom stereocenters. The zero-order valence-corrected chi connectivity index (χ0v) is 28.5. The fourth-order valence-corrected chi connectivity index (χ4v) is 9.93. The zero-order valence-electron chi connectivity index (χ0n) is 28.5. The Labute approximate surface area is 267 Å². The molecule has 43 heavy (non-hydrogen) atoms. The molecule has 240 valence electrons. The molecule has 0 radical (unpaired) electrons. The standard InChI is InChI=1S/C42H67N/c1-6-9-17-33(15-7-2)24-26-38(30-43)40-28-27-39(42-32(5)16-13-22-41(40)42)31(4)23-25-34(8-3)36-20-14-21-37(29-36)35-18-11-10-12-19-35/h7-8,10-12,15,18,24,26-28,31-42H,3,6,9,13-14,16-17,19-23,25,29-30,43H2,1-2,4-5H3/b15-7-,26-24+. The third-order valence-electron chi connectivity index (χ3n) is 12.4. The summed E-state index contributed by atoms with van der Waals surface area (Å²) < 4.78 is 0. The second-order valence-corrected chi connectivity index (χ2v) is 15.2. The summed E-state index contributed by atoms with van der Waals surface area (Å²) in [4.78, 5) is 0. The Bertz CT molecular complexity index is 965. The molecule has 0 amide bonds. The van der Waals surface area contributed by atoms with E-state index in [1.807, 2.05) is 0 Å². The fourth-order valence-electron chi connectivity index (χ4n) is 9.93. The molecule has 4 rings (SSSR count). The summed E-state index contributed by atoms with van der Waals surface area (Å²) in [5, 5.41) is 0. The molecule has 1 heteroatoms. The number of hydrogen-bond acceptors (Lipinski definition) is 1. The topological polar surface area (TPSA) is 26.0 Å². The van der Waals surface area contributed by atoms with Crippen LogP contribution < -0.4 is 5.73 Å². The number of rotatable bonds is 15. The van der Waals surface area contributed by atoms with Crippen LogP contribution in [0.5, 0.6) is 0 Å². The van der Waals surface area contributed by atoms with Gasteiger partial charge < -0.3 is 5.73 Å². The number of allylic oxidation sites excluding steroid dienone is 10. The summed E-state index contributed by atoms with van der Waals surface area (Å²) in [6.07, 6.45) is 44.2. The van der Waals surface area contributed by atoms with Crippen LogP contribution in [0, 0.1) is 71.0 Å². The molecule has 2 N–H and O–H groups in total. The lowest BCUT2D eigenvalue weighted by atomic mass is 9.55. The first-order chi connectivity index (χ1) is 21.0. The van der Waals surface area contributed by atoms with Gasteiger partial charge in [0.05, 0.1) is 0 Å². The van der Waals surface area contributed by atoms with E-state index >= 15 is 0 Å². The Morgan fingerprint density at radius 2 is 1.72 bits per heavy atom. The minimum absolute atomic E-state index is 0.457. The largest absolute Gasteiger partial charge is 0.330 e. The lowest BCUT2D eigenvalue weighted by molar-refractivity contribution is 0.0427. The Morgan fingerprint density at radius 3 is 2.44 bits per heavy atom. The van der Waals surface area contributed by atoms with Crippen LogP contribution in [-0.4, -0.2) is 6.54 Å². The van der Waals surface area contributed by atoms with Gasteiger partial charge in [0.2, 0.25) is 0 Å². The minimum atomic E-state index is 0.457. The van der Waals surface area contributed by atoms with E-state index in [0.29, 0.717) is 29.6 Å². The van der Waals surface area contributed by atoms with Crippen molar-refractivity contribution in [3.05, 3.63) is 73.4 Å². The van der Waals surface area contributed by atoms with Gasteiger partial charge in [-0.05, 0) is 136 Å². The average Bonchev–Trinajstić information content (AvgIpc) is 3.04. The highest BCUT2D eigenvalue weighted by Gasteiger charge is 2.44. The van der Waals surface area contributed by atoms with E-state index in [1.165, 1.54) is 83.5 Å². The Kier molecular flexibility index (Phi) is 14.2. The van der Waals surface area contributed by atoms with Crippen LogP contribution in [0.2, 0.25) is 0 Å². The quantitative estimate of drug-likeness (QED) is 0.190. The van der Waals surface area contributed by atoms with Gasteiger partial charge >= 0.3 is 0 Å². The molecule has 0 heterocycles. The fraction of sp³-hybridized carbons (Fsp3) is 0.714. The molecule has 0 bridgehead atoms. The predicted octanol–water partition coefficient (Wildman–Crippen LogP) is 11.5. The van der Waals surface area contributed by atoms with E-state index in [4.69, 9.17) is 5.73 Å². The van der Waals surface area contributed by atoms with Crippen molar-refractivity contribution >= 4 is 0 Å². The maximum absolute atomic E-state index is 6.52. The number of unbranched alkanes of at least 4 members (excludes halogenated alkanes) is 1. The molecule has 0 spiro atoms. The summed E-state index contributed by atoms with van der Waals surface area (Å²) in [7, 11) is 0. The highest BCUT2D eigenvalue weighted by atomic mass is 14.6. The van der Waals surface area contributed by atoms with Gasteiger partial charge in [-0.25, -0.2) is 0 Å². The molecule has 0 saturated heterocycles. The van der Waals surface area contributed by atoms with Gasteiger partial charge in [0.25, 0.3) is 0 Å². The van der Waals surface area contributed by atoms with E-state index < -0.39 is 0 Å². The second-order valence-electron chi connectivity index (χ2n) is 15.2. The van der Waals surface area contributed by atoms with Crippen LogP contribution in [0.15, 0.2) is 73.4 Å². The van der Waals surface area contributed by atoms with Crippen LogP contribution in [0.3, 0.4) is 0 Å². The molecule has 4 aliphatic carbocycles. The molecule has 0 aromatic heterocycles. The maximum Gasteiger partial charge on any atom is -0.000840 e. The van der Waals surface area contributed by atoms with Crippen molar-refractivity contribution in [2.24, 2.45) is 76.7 Å². The van der Waals surface area contributed by atoms with E-state index in [0.717, 1.165) is 48.0 Å². The normalized spacial score (nSPS) is 35.6. The third kappa shape index (κ3) is 9.22. The number of hydrogen-bond donors (Lipinski definition) is 1. The van der Waals surface area contributed by atoms with Gasteiger partial charge in [-0.1, -0.05) is 120 Å². The van der Waals surface area contributed by atoms with Crippen molar-refractivity contribution in [2.45, 2.75) is 111 Å². The molecule has 2 fully saturated rings. The van der Waals surface area contributed by atoms with Gasteiger partial charge in [-0.15, -0.1) is 6.58 Å². The molecule has 0 aromatic rings. The Morgan fingerprint density at radius 1 is 0.907 bits per heavy atom.